The molecule has 124 valence electrons. The van der Waals surface area contributed by atoms with Crippen molar-refractivity contribution in [2.45, 2.75) is 39.7 Å². The van der Waals surface area contributed by atoms with Gasteiger partial charge in [0.2, 0.25) is 0 Å². The van der Waals surface area contributed by atoms with Gasteiger partial charge in [0.05, 0.1) is 6.10 Å². The van der Waals surface area contributed by atoms with Crippen LogP contribution in [0.15, 0.2) is 24.3 Å². The van der Waals surface area contributed by atoms with E-state index in [2.05, 4.69) is 20.5 Å². The lowest BCUT2D eigenvalue weighted by Crippen LogP contribution is -2.32. The number of aromatic nitrogens is 3. The summed E-state index contributed by atoms with van der Waals surface area (Å²) in [4.78, 5) is 16.4. The van der Waals surface area contributed by atoms with Gasteiger partial charge in [-0.3, -0.25) is 9.89 Å². The molecule has 1 amide bonds. The zero-order chi connectivity index (χ0) is 16.8. The molecule has 0 fully saturated rings. The quantitative estimate of drug-likeness (QED) is 0.730. The van der Waals surface area contributed by atoms with Crippen molar-refractivity contribution in [1.82, 2.24) is 20.5 Å². The number of aromatic amines is 1. The summed E-state index contributed by atoms with van der Waals surface area (Å²) in [6, 6.07) is 7.12. The summed E-state index contributed by atoms with van der Waals surface area (Å²) >= 11 is 0. The van der Waals surface area contributed by atoms with Gasteiger partial charge in [-0.15, -0.1) is 0 Å². The number of benzene rings is 1. The second kappa shape index (κ2) is 7.87. The number of amides is 1. The van der Waals surface area contributed by atoms with Crippen molar-refractivity contribution in [3.8, 4) is 11.4 Å². The van der Waals surface area contributed by atoms with Crippen molar-refractivity contribution in [2.75, 3.05) is 6.54 Å². The summed E-state index contributed by atoms with van der Waals surface area (Å²) in [5.74, 6) is 1.67. The molecule has 0 saturated heterocycles. The Morgan fingerprint density at radius 3 is 2.57 bits per heavy atom. The van der Waals surface area contributed by atoms with Gasteiger partial charge in [-0.25, -0.2) is 4.98 Å². The van der Waals surface area contributed by atoms with Crippen molar-refractivity contribution >= 4 is 5.91 Å². The maximum atomic E-state index is 12.1. The molecule has 1 aromatic carbocycles. The Morgan fingerprint density at radius 1 is 1.30 bits per heavy atom. The average molecular weight is 316 g/mol. The molecule has 6 heteroatoms. The summed E-state index contributed by atoms with van der Waals surface area (Å²) in [5, 5.41) is 19.6. The summed E-state index contributed by atoms with van der Waals surface area (Å²) in [6.07, 6.45) is 0.953. The Labute approximate surface area is 136 Å². The highest BCUT2D eigenvalue weighted by Crippen LogP contribution is 2.15. The van der Waals surface area contributed by atoms with Crippen LogP contribution in [0.4, 0.5) is 0 Å². The number of carbonyl (C=O) groups excluding carboxylic acids is 1. The molecule has 1 heterocycles. The number of hydrogen-bond acceptors (Lipinski definition) is 4. The molecule has 3 N–H and O–H groups in total. The van der Waals surface area contributed by atoms with Crippen LogP contribution in [-0.4, -0.2) is 38.8 Å². The van der Waals surface area contributed by atoms with Gasteiger partial charge in [-0.1, -0.05) is 32.9 Å². The fraction of sp³-hybridized carbons (Fsp3) is 0.471. The zero-order valence-electron chi connectivity index (χ0n) is 13.8. The predicted octanol–water partition coefficient (Wildman–Crippen LogP) is 2.17. The molecule has 1 unspecified atom stereocenters. The summed E-state index contributed by atoms with van der Waals surface area (Å²) in [7, 11) is 0. The van der Waals surface area contributed by atoms with Crippen LogP contribution in [0.25, 0.3) is 11.4 Å². The van der Waals surface area contributed by atoms with Gasteiger partial charge in [0.25, 0.3) is 5.91 Å². The normalized spacial score (nSPS) is 12.4. The molecule has 0 bridgehead atoms. The van der Waals surface area contributed by atoms with Gasteiger partial charge in [-0.05, 0) is 24.5 Å². The van der Waals surface area contributed by atoms with Crippen molar-refractivity contribution in [1.29, 1.82) is 0 Å². The Bertz CT molecular complexity index is 634. The van der Waals surface area contributed by atoms with Crippen molar-refractivity contribution in [2.24, 2.45) is 5.92 Å². The topological polar surface area (TPSA) is 90.9 Å². The molecule has 2 aromatic rings. The van der Waals surface area contributed by atoms with E-state index in [0.717, 1.165) is 17.8 Å². The van der Waals surface area contributed by atoms with Crippen LogP contribution in [-0.2, 0) is 6.42 Å². The molecule has 0 aliphatic heterocycles. The maximum absolute atomic E-state index is 12.1. The van der Waals surface area contributed by atoms with E-state index in [9.17, 15) is 9.90 Å². The van der Waals surface area contributed by atoms with Gasteiger partial charge < -0.3 is 10.4 Å². The highest BCUT2D eigenvalue weighted by molar-refractivity contribution is 5.94. The van der Waals surface area contributed by atoms with E-state index in [1.54, 1.807) is 12.1 Å². The van der Waals surface area contributed by atoms with E-state index in [1.165, 1.54) is 0 Å². The van der Waals surface area contributed by atoms with Gasteiger partial charge in [-0.2, -0.15) is 5.10 Å². The molecule has 0 saturated carbocycles. The number of carbonyl (C=O) groups is 1. The molecule has 6 nitrogen and oxygen atoms in total. The van der Waals surface area contributed by atoms with Gasteiger partial charge in [0, 0.05) is 24.1 Å². The molecule has 0 radical (unpaired) electrons. The molecule has 0 spiro atoms. The largest absolute Gasteiger partial charge is 0.391 e. The van der Waals surface area contributed by atoms with Gasteiger partial charge >= 0.3 is 0 Å². The number of hydrogen-bond donors (Lipinski definition) is 3. The van der Waals surface area contributed by atoms with Crippen molar-refractivity contribution in [3.63, 3.8) is 0 Å². The fourth-order valence-corrected chi connectivity index (χ4v) is 2.29. The lowest BCUT2D eigenvalue weighted by molar-refractivity contribution is 0.0900. The number of nitrogens with one attached hydrogen (secondary N) is 2. The second-order valence-corrected chi connectivity index (χ2v) is 6.03. The third-order valence-corrected chi connectivity index (χ3v) is 3.51. The van der Waals surface area contributed by atoms with E-state index in [0.29, 0.717) is 23.7 Å². The Balaban J connectivity index is 1.94. The number of nitrogens with zero attached hydrogens (tertiary/aromatic N) is 2. The van der Waals surface area contributed by atoms with Crippen molar-refractivity contribution < 1.29 is 9.90 Å². The molecule has 0 aliphatic carbocycles. The molecular formula is C17H24N4O2. The minimum atomic E-state index is -0.515. The first-order chi connectivity index (χ1) is 11.0. The Kier molecular flexibility index (Phi) is 5.87. The van der Waals surface area contributed by atoms with Crippen LogP contribution in [0.3, 0.4) is 0 Å². The lowest BCUT2D eigenvalue weighted by atomic mass is 10.1. The van der Waals surface area contributed by atoms with Gasteiger partial charge in [0.1, 0.15) is 5.82 Å². The zero-order valence-corrected chi connectivity index (χ0v) is 13.8. The monoisotopic (exact) mass is 316 g/mol. The standard InChI is InChI=1S/C17H24N4O2/c1-4-15-19-16(21-20-15)12-5-7-13(8-6-12)17(23)18-10-14(22)9-11(2)3/h5-8,11,14,22H,4,9-10H2,1-3H3,(H,18,23)(H,19,20,21). The van der Waals surface area contributed by atoms with E-state index >= 15 is 0 Å². The van der Waals surface area contributed by atoms with Crippen LogP contribution in [0.5, 0.6) is 0 Å². The van der Waals surface area contributed by atoms with Crippen LogP contribution >= 0.6 is 0 Å². The highest BCUT2D eigenvalue weighted by Gasteiger charge is 2.11. The Hall–Kier alpha value is -2.21. The Morgan fingerprint density at radius 2 is 2.00 bits per heavy atom. The predicted molar refractivity (Wildman–Crippen MR) is 89.0 cm³/mol. The molecule has 1 atom stereocenters. The van der Waals surface area contributed by atoms with Crippen LogP contribution in [0.1, 0.15) is 43.4 Å². The number of aryl methyl sites for hydroxylation is 1. The SMILES string of the molecule is CCc1nc(-c2ccc(C(=O)NCC(O)CC(C)C)cc2)n[nH]1. The van der Waals surface area contributed by atoms with Gasteiger partial charge in [0.15, 0.2) is 5.82 Å². The van der Waals surface area contributed by atoms with Crippen LogP contribution in [0.2, 0.25) is 0 Å². The third kappa shape index (κ3) is 4.89. The van der Waals surface area contributed by atoms with E-state index in [-0.39, 0.29) is 12.5 Å². The van der Waals surface area contributed by atoms with E-state index in [4.69, 9.17) is 0 Å². The number of aliphatic hydroxyl groups is 1. The fourth-order valence-electron chi connectivity index (χ4n) is 2.29. The minimum Gasteiger partial charge on any atom is -0.391 e. The second-order valence-electron chi connectivity index (χ2n) is 6.03. The van der Waals surface area contributed by atoms with E-state index < -0.39 is 6.10 Å². The van der Waals surface area contributed by atoms with E-state index in [1.807, 2.05) is 32.9 Å². The molecular weight excluding hydrogens is 292 g/mol. The number of H-pyrrole nitrogens is 1. The smallest absolute Gasteiger partial charge is 0.251 e. The van der Waals surface area contributed by atoms with Crippen LogP contribution in [0, 0.1) is 5.92 Å². The maximum Gasteiger partial charge on any atom is 0.251 e. The minimum absolute atomic E-state index is 0.191. The summed E-state index contributed by atoms with van der Waals surface area (Å²) in [5.41, 5.74) is 1.41. The summed E-state index contributed by atoms with van der Waals surface area (Å²) < 4.78 is 0. The molecule has 23 heavy (non-hydrogen) atoms. The molecule has 0 aliphatic rings. The third-order valence-electron chi connectivity index (χ3n) is 3.51. The summed E-state index contributed by atoms with van der Waals surface area (Å²) in [6.45, 7) is 6.35. The highest BCUT2D eigenvalue weighted by atomic mass is 16.3. The first kappa shape index (κ1) is 17.1. The van der Waals surface area contributed by atoms with Crippen molar-refractivity contribution in [3.05, 3.63) is 35.7 Å². The van der Waals surface area contributed by atoms with Crippen LogP contribution < -0.4 is 5.32 Å². The molecule has 1 aromatic heterocycles. The molecule has 2 rings (SSSR count). The average Bonchev–Trinajstić information content (AvgIpc) is 3.01. The lowest BCUT2D eigenvalue weighted by Gasteiger charge is -2.13. The number of aliphatic hydroxyl groups excluding tert-OH is 1. The number of rotatable bonds is 7. The first-order valence-electron chi connectivity index (χ1n) is 7.97. The first-order valence-corrected chi connectivity index (χ1v) is 7.97.